The summed E-state index contributed by atoms with van der Waals surface area (Å²) in [5.74, 6) is 1.50. The van der Waals surface area contributed by atoms with Gasteiger partial charge < -0.3 is 13.7 Å². The molecule has 2 heterocycles. The summed E-state index contributed by atoms with van der Waals surface area (Å²) in [6.07, 6.45) is 1.58. The molecule has 2 aromatic carbocycles. The number of nitrogens with one attached hydrogen (secondary N) is 1. The topological polar surface area (TPSA) is 81.6 Å². The Bertz CT molecular complexity index is 1190. The molecule has 0 aliphatic rings. The van der Waals surface area contributed by atoms with E-state index in [4.69, 9.17) is 9.15 Å². The van der Waals surface area contributed by atoms with Crippen molar-refractivity contribution in [1.29, 1.82) is 0 Å². The highest BCUT2D eigenvalue weighted by molar-refractivity contribution is 5.91. The molecule has 0 amide bonds. The van der Waals surface area contributed by atoms with Crippen LogP contribution < -0.4 is 5.43 Å². The summed E-state index contributed by atoms with van der Waals surface area (Å²) in [7, 11) is 1.93. The molecule has 0 fully saturated rings. The van der Waals surface area contributed by atoms with Gasteiger partial charge >= 0.3 is 5.97 Å². The lowest BCUT2D eigenvalue weighted by molar-refractivity contribution is 0.0526. The number of anilines is 1. The summed E-state index contributed by atoms with van der Waals surface area (Å²) in [4.78, 5) is 16.4. The molecule has 0 unspecified atom stereocenters. The van der Waals surface area contributed by atoms with Crippen molar-refractivity contribution in [2.75, 3.05) is 12.0 Å². The van der Waals surface area contributed by atoms with E-state index in [2.05, 4.69) is 15.5 Å². The Labute approximate surface area is 167 Å². The van der Waals surface area contributed by atoms with E-state index in [1.807, 2.05) is 54.1 Å². The zero-order valence-corrected chi connectivity index (χ0v) is 16.1. The first-order valence-corrected chi connectivity index (χ1v) is 9.23. The highest BCUT2D eigenvalue weighted by Crippen LogP contribution is 2.23. The van der Waals surface area contributed by atoms with E-state index < -0.39 is 0 Å². The van der Waals surface area contributed by atoms with E-state index in [0.717, 1.165) is 16.6 Å². The number of ether oxygens (including phenoxy) is 1. The Morgan fingerprint density at radius 2 is 2.07 bits per heavy atom. The first-order chi connectivity index (χ1) is 14.2. The van der Waals surface area contributed by atoms with Crippen molar-refractivity contribution in [3.05, 3.63) is 72.0 Å². The fourth-order valence-electron chi connectivity index (χ4n) is 2.99. The number of imidazole rings is 1. The van der Waals surface area contributed by atoms with Crippen molar-refractivity contribution in [3.8, 4) is 11.3 Å². The third-order valence-corrected chi connectivity index (χ3v) is 4.43. The van der Waals surface area contributed by atoms with E-state index in [9.17, 15) is 4.79 Å². The normalized spacial score (nSPS) is 11.2. The summed E-state index contributed by atoms with van der Waals surface area (Å²) in [5.41, 5.74) is 6.13. The minimum Gasteiger partial charge on any atom is -0.462 e. The molecule has 0 bridgehead atoms. The van der Waals surface area contributed by atoms with Crippen molar-refractivity contribution in [3.63, 3.8) is 0 Å². The van der Waals surface area contributed by atoms with Crippen LogP contribution in [0.25, 0.3) is 22.4 Å². The molecule has 2 aromatic heterocycles. The molecule has 0 saturated heterocycles. The van der Waals surface area contributed by atoms with E-state index in [-0.39, 0.29) is 5.97 Å². The lowest BCUT2D eigenvalue weighted by Gasteiger charge is -2.03. The molecule has 146 valence electrons. The molecule has 4 rings (SSSR count). The number of furan rings is 1. The van der Waals surface area contributed by atoms with Gasteiger partial charge in [-0.15, -0.1) is 0 Å². The van der Waals surface area contributed by atoms with Crippen molar-refractivity contribution in [1.82, 2.24) is 9.55 Å². The molecule has 0 atom stereocenters. The Kier molecular flexibility index (Phi) is 5.11. The lowest BCUT2D eigenvalue weighted by atomic mass is 10.1. The first-order valence-electron chi connectivity index (χ1n) is 9.23. The van der Waals surface area contributed by atoms with Crippen LogP contribution >= 0.6 is 0 Å². The minimum absolute atomic E-state index is 0.336. The molecule has 0 saturated carbocycles. The zero-order valence-electron chi connectivity index (χ0n) is 16.1. The molecular formula is C22H20N4O3. The number of hydrogen-bond donors (Lipinski definition) is 1. The largest absolute Gasteiger partial charge is 0.462 e. The summed E-state index contributed by atoms with van der Waals surface area (Å²) in [6.45, 7) is 2.12. The third kappa shape index (κ3) is 3.89. The second-order valence-electron chi connectivity index (χ2n) is 6.36. The van der Waals surface area contributed by atoms with Crippen molar-refractivity contribution in [2.24, 2.45) is 12.1 Å². The number of hydrogen-bond acceptors (Lipinski definition) is 6. The van der Waals surface area contributed by atoms with Crippen LogP contribution in [-0.2, 0) is 11.8 Å². The van der Waals surface area contributed by atoms with E-state index >= 15 is 0 Å². The SMILES string of the molecule is CCOC(=O)c1cccc(-c2ccc(/C=N\Nc3nc4ccccc4n3C)o2)c1. The number of nitrogens with zero attached hydrogens (tertiary/aromatic N) is 3. The van der Waals surface area contributed by atoms with Gasteiger partial charge in [-0.25, -0.2) is 15.2 Å². The van der Waals surface area contributed by atoms with Gasteiger partial charge in [-0.05, 0) is 43.3 Å². The fourth-order valence-corrected chi connectivity index (χ4v) is 2.99. The van der Waals surface area contributed by atoms with Gasteiger partial charge in [0.2, 0.25) is 5.95 Å². The average molecular weight is 388 g/mol. The minimum atomic E-state index is -0.352. The molecule has 0 radical (unpaired) electrons. The maximum Gasteiger partial charge on any atom is 0.338 e. The van der Waals surface area contributed by atoms with Crippen LogP contribution in [0.1, 0.15) is 23.0 Å². The summed E-state index contributed by atoms with van der Waals surface area (Å²) in [6, 6.07) is 18.7. The average Bonchev–Trinajstić information content (AvgIpc) is 3.34. The summed E-state index contributed by atoms with van der Waals surface area (Å²) >= 11 is 0. The van der Waals surface area contributed by atoms with E-state index in [0.29, 0.717) is 29.6 Å². The van der Waals surface area contributed by atoms with Crippen molar-refractivity contribution >= 4 is 29.2 Å². The van der Waals surface area contributed by atoms with E-state index in [1.165, 1.54) is 0 Å². The highest BCUT2D eigenvalue weighted by atomic mass is 16.5. The quantitative estimate of drug-likeness (QED) is 0.300. The van der Waals surface area contributed by atoms with Gasteiger partial charge in [0.25, 0.3) is 0 Å². The maximum atomic E-state index is 11.9. The van der Waals surface area contributed by atoms with Crippen LogP contribution in [-0.4, -0.2) is 28.3 Å². The smallest absolute Gasteiger partial charge is 0.338 e. The Hall–Kier alpha value is -3.87. The molecular weight excluding hydrogens is 368 g/mol. The number of fused-ring (bicyclic) bond motifs is 1. The van der Waals surface area contributed by atoms with E-state index in [1.54, 1.807) is 31.3 Å². The maximum absolute atomic E-state index is 11.9. The van der Waals surface area contributed by atoms with Crippen LogP contribution in [0.5, 0.6) is 0 Å². The number of esters is 1. The second-order valence-corrected chi connectivity index (χ2v) is 6.36. The number of hydrazone groups is 1. The predicted octanol–water partition coefficient (Wildman–Crippen LogP) is 4.46. The van der Waals surface area contributed by atoms with Gasteiger partial charge in [-0.2, -0.15) is 5.10 Å². The number of aromatic nitrogens is 2. The molecule has 29 heavy (non-hydrogen) atoms. The zero-order chi connectivity index (χ0) is 20.2. The lowest BCUT2D eigenvalue weighted by Crippen LogP contribution is -2.04. The number of aryl methyl sites for hydroxylation is 1. The van der Waals surface area contributed by atoms with Crippen LogP contribution in [0.3, 0.4) is 0 Å². The van der Waals surface area contributed by atoms with Gasteiger partial charge in [-0.3, -0.25) is 0 Å². The Morgan fingerprint density at radius 1 is 1.21 bits per heavy atom. The van der Waals surface area contributed by atoms with Crippen molar-refractivity contribution in [2.45, 2.75) is 6.92 Å². The van der Waals surface area contributed by atoms with Gasteiger partial charge in [-0.1, -0.05) is 24.3 Å². The van der Waals surface area contributed by atoms with Gasteiger partial charge in [0.1, 0.15) is 11.5 Å². The highest BCUT2D eigenvalue weighted by Gasteiger charge is 2.10. The number of para-hydroxylation sites is 2. The molecule has 0 spiro atoms. The standard InChI is InChI=1S/C22H20N4O3/c1-3-28-21(27)16-8-6-7-15(13-16)20-12-11-17(29-20)14-23-25-22-24-18-9-4-5-10-19(18)26(22)2/h4-14H,3H2,1-2H3,(H,24,25)/b23-14-. The van der Waals surface area contributed by atoms with Crippen LogP contribution in [0, 0.1) is 0 Å². The molecule has 4 aromatic rings. The molecule has 7 heteroatoms. The third-order valence-electron chi connectivity index (χ3n) is 4.43. The summed E-state index contributed by atoms with van der Waals surface area (Å²) in [5, 5.41) is 4.22. The molecule has 1 N–H and O–H groups in total. The number of carbonyl (C=O) groups excluding carboxylic acids is 1. The fraction of sp³-hybridized carbons (Fsp3) is 0.136. The van der Waals surface area contributed by atoms with Gasteiger partial charge in [0.15, 0.2) is 0 Å². The number of carbonyl (C=O) groups is 1. The number of rotatable bonds is 6. The van der Waals surface area contributed by atoms with Crippen LogP contribution in [0.4, 0.5) is 5.95 Å². The molecule has 0 aliphatic carbocycles. The monoisotopic (exact) mass is 388 g/mol. The number of benzene rings is 2. The van der Waals surface area contributed by atoms with Gasteiger partial charge in [0, 0.05) is 12.6 Å². The van der Waals surface area contributed by atoms with Crippen LogP contribution in [0.15, 0.2) is 70.2 Å². The first kappa shape index (κ1) is 18.5. The Morgan fingerprint density at radius 3 is 2.90 bits per heavy atom. The van der Waals surface area contributed by atoms with Gasteiger partial charge in [0.05, 0.1) is 29.4 Å². The molecule has 0 aliphatic heterocycles. The van der Waals surface area contributed by atoms with Crippen molar-refractivity contribution < 1.29 is 13.9 Å². The summed E-state index contributed by atoms with van der Waals surface area (Å²) < 4.78 is 12.8. The van der Waals surface area contributed by atoms with Crippen LogP contribution in [0.2, 0.25) is 0 Å². The Balaban J connectivity index is 1.48. The second kappa shape index (κ2) is 8.02. The predicted molar refractivity (Wildman–Crippen MR) is 112 cm³/mol. The molecule has 7 nitrogen and oxygen atoms in total.